The highest BCUT2D eigenvalue weighted by Gasteiger charge is 2.59. The fourth-order valence-electron chi connectivity index (χ4n) is 10.8. The molecular formula is C52H33N4+. The summed E-state index contributed by atoms with van der Waals surface area (Å²) < 4.78 is 9.58. The van der Waals surface area contributed by atoms with E-state index in [0.717, 1.165) is 34.3 Å². The molecule has 4 heterocycles. The van der Waals surface area contributed by atoms with Crippen LogP contribution in [0.25, 0.3) is 77.4 Å². The van der Waals surface area contributed by atoms with Crippen LogP contribution in [-0.2, 0) is 5.41 Å². The second kappa shape index (κ2) is 10.9. The molecule has 1 spiro atoms. The summed E-state index contributed by atoms with van der Waals surface area (Å²) in [6.45, 7) is 0. The van der Waals surface area contributed by atoms with Crippen molar-refractivity contribution in [2.75, 3.05) is 0 Å². The number of rotatable bonds is 3. The maximum Gasteiger partial charge on any atom is 0.300 e. The number of nitrogens with zero attached hydrogens (tertiary/aromatic N) is 4. The van der Waals surface area contributed by atoms with Gasteiger partial charge >= 0.3 is 6.21 Å². The normalized spacial score (nSPS) is 18.8. The molecule has 56 heavy (non-hydrogen) atoms. The number of aromatic nitrogens is 3. The minimum atomic E-state index is -0.282. The van der Waals surface area contributed by atoms with Crippen molar-refractivity contribution in [3.63, 3.8) is 0 Å². The van der Waals surface area contributed by atoms with Gasteiger partial charge in [-0.1, -0.05) is 108 Å². The Morgan fingerprint density at radius 1 is 0.571 bits per heavy atom. The smallest absolute Gasteiger partial charge is 0.300 e. The molecule has 260 valence electrons. The van der Waals surface area contributed by atoms with E-state index >= 15 is 0 Å². The van der Waals surface area contributed by atoms with Crippen molar-refractivity contribution in [3.8, 4) is 22.5 Å². The third kappa shape index (κ3) is 3.74. The zero-order chi connectivity index (χ0) is 36.5. The Hall–Kier alpha value is -7.26. The van der Waals surface area contributed by atoms with Gasteiger partial charge in [-0.25, -0.2) is 0 Å². The highest BCUT2D eigenvalue weighted by molar-refractivity contribution is 6.26. The van der Waals surface area contributed by atoms with Crippen LogP contribution in [0.4, 0.5) is 0 Å². The van der Waals surface area contributed by atoms with Gasteiger partial charge in [0.05, 0.1) is 44.1 Å². The van der Waals surface area contributed by atoms with Gasteiger partial charge < -0.3 is 9.13 Å². The molecule has 0 amide bonds. The van der Waals surface area contributed by atoms with Crippen molar-refractivity contribution < 1.29 is 0 Å². The second-order valence-electron chi connectivity index (χ2n) is 15.5. The Balaban J connectivity index is 0.951. The number of fused-ring (bicyclic) bond motifs is 15. The molecule has 4 nitrogen and oxygen atoms in total. The van der Waals surface area contributed by atoms with Crippen molar-refractivity contribution in [2.24, 2.45) is 5.92 Å². The summed E-state index contributed by atoms with van der Waals surface area (Å²) in [6.07, 6.45) is 14.1. The van der Waals surface area contributed by atoms with Crippen LogP contribution in [0.15, 0.2) is 176 Å². The molecule has 0 radical (unpaired) electrons. The summed E-state index contributed by atoms with van der Waals surface area (Å²) in [5.41, 5.74) is 19.7. The Labute approximate surface area is 323 Å². The molecule has 0 N–H and O–H groups in total. The van der Waals surface area contributed by atoms with Crippen LogP contribution in [0.1, 0.15) is 28.7 Å². The van der Waals surface area contributed by atoms with Gasteiger partial charge in [0.25, 0.3) is 6.21 Å². The predicted molar refractivity (Wildman–Crippen MR) is 232 cm³/mol. The van der Waals surface area contributed by atoms with E-state index in [1.165, 1.54) is 77.3 Å². The van der Waals surface area contributed by atoms with E-state index in [4.69, 9.17) is 9.65 Å². The number of para-hydroxylation sites is 2. The average molecular weight is 714 g/mol. The lowest BCUT2D eigenvalue weighted by atomic mass is 9.65. The van der Waals surface area contributed by atoms with Crippen LogP contribution in [0.2, 0.25) is 0 Å². The molecule has 0 fully saturated rings. The molecule has 1 aliphatic heterocycles. The first-order chi connectivity index (χ1) is 27.8. The van der Waals surface area contributed by atoms with Gasteiger partial charge in [-0.3, -0.25) is 4.98 Å². The maximum atomic E-state index is 4.80. The number of allylic oxidation sites excluding steroid dienone is 6. The zero-order valence-electron chi connectivity index (χ0n) is 30.4. The number of hydrogen-bond donors (Lipinski definition) is 0. The summed E-state index contributed by atoms with van der Waals surface area (Å²) in [4.78, 5) is 4.73. The minimum Gasteiger partial charge on any atom is -0.309 e. The van der Waals surface area contributed by atoms with Crippen molar-refractivity contribution in [3.05, 3.63) is 198 Å². The van der Waals surface area contributed by atoms with E-state index < -0.39 is 0 Å². The Bertz CT molecular complexity index is 3310. The third-order valence-electron chi connectivity index (χ3n) is 13.0. The Morgan fingerprint density at radius 3 is 2.05 bits per heavy atom. The van der Waals surface area contributed by atoms with Gasteiger partial charge in [-0.15, -0.1) is 0 Å². The quantitative estimate of drug-likeness (QED) is 0.168. The monoisotopic (exact) mass is 713 g/mol. The first-order valence-corrected chi connectivity index (χ1v) is 19.5. The highest BCUT2D eigenvalue weighted by Crippen LogP contribution is 2.64. The van der Waals surface area contributed by atoms with E-state index in [0.29, 0.717) is 5.92 Å². The maximum absolute atomic E-state index is 4.80. The Morgan fingerprint density at radius 2 is 1.25 bits per heavy atom. The zero-order valence-corrected chi connectivity index (χ0v) is 30.4. The first kappa shape index (κ1) is 30.1. The van der Waals surface area contributed by atoms with Crippen LogP contribution in [-0.4, -0.2) is 26.5 Å². The molecule has 4 heteroatoms. The predicted octanol–water partition coefficient (Wildman–Crippen LogP) is 11.2. The molecule has 3 aliphatic carbocycles. The molecule has 3 aromatic heterocycles. The van der Waals surface area contributed by atoms with E-state index in [-0.39, 0.29) is 5.41 Å². The standard InChI is InChI=1S/C52H33N4/c1-5-14-43-36(10-1)37-11-2-6-15-44(37)52(43)45-29-50-41(28-40(45)42-30-53-31-46(42)52)38-12-3-7-16-47(38)56(50)35-25-21-33(22-26-35)32-19-23-34(24-20-32)55-48-17-8-4-13-39(48)51-49(55)18-9-27-54-51/h1-14,16-31,44H,15H2/q+1. The SMILES string of the molecule is C1=CCC2C(=C1)c1ccccc1C21C2=C(C=[N+]=C2)c2cc3c4ccccc4n(-c4ccc(-c5ccc(-n6c7ccccc7c7ncccc76)cc5)cc4)c3cc21. The molecule has 4 aliphatic rings. The molecule has 2 unspecified atom stereocenters. The van der Waals surface area contributed by atoms with Gasteiger partial charge in [0.15, 0.2) is 0 Å². The average Bonchev–Trinajstić information content (AvgIpc) is 4.07. The molecule has 0 bridgehead atoms. The lowest BCUT2D eigenvalue weighted by molar-refractivity contribution is 0.497. The van der Waals surface area contributed by atoms with Crippen molar-refractivity contribution >= 4 is 67.3 Å². The molecular weight excluding hydrogens is 681 g/mol. The van der Waals surface area contributed by atoms with Gasteiger partial charge in [-0.05, 0) is 106 Å². The van der Waals surface area contributed by atoms with E-state index in [1.54, 1.807) is 0 Å². The van der Waals surface area contributed by atoms with Crippen LogP contribution < -0.4 is 4.67 Å². The summed E-state index contributed by atoms with van der Waals surface area (Å²) in [7, 11) is 0. The largest absolute Gasteiger partial charge is 0.309 e. The summed E-state index contributed by atoms with van der Waals surface area (Å²) in [5, 5.41) is 3.70. The van der Waals surface area contributed by atoms with E-state index in [1.807, 2.05) is 12.3 Å². The molecule has 2 atom stereocenters. The van der Waals surface area contributed by atoms with Crippen molar-refractivity contribution in [1.29, 1.82) is 0 Å². The van der Waals surface area contributed by atoms with Crippen molar-refractivity contribution in [1.82, 2.24) is 18.8 Å². The summed E-state index contributed by atoms with van der Waals surface area (Å²) in [6, 6.07) is 53.7. The molecule has 9 aromatic rings. The van der Waals surface area contributed by atoms with Gasteiger partial charge in [0, 0.05) is 39.6 Å². The molecule has 13 rings (SSSR count). The lowest BCUT2D eigenvalue weighted by Crippen LogP contribution is -2.34. The molecule has 0 saturated carbocycles. The van der Waals surface area contributed by atoms with E-state index in [2.05, 4.69) is 179 Å². The second-order valence-corrected chi connectivity index (χ2v) is 15.5. The number of hydrogen-bond acceptors (Lipinski definition) is 1. The van der Waals surface area contributed by atoms with E-state index in [9.17, 15) is 0 Å². The summed E-state index contributed by atoms with van der Waals surface area (Å²) >= 11 is 0. The van der Waals surface area contributed by atoms with Gasteiger partial charge in [0.2, 0.25) is 0 Å². The van der Waals surface area contributed by atoms with Crippen LogP contribution >= 0.6 is 0 Å². The Kier molecular flexibility index (Phi) is 5.87. The first-order valence-electron chi connectivity index (χ1n) is 19.5. The van der Waals surface area contributed by atoms with Gasteiger partial charge in [0.1, 0.15) is 0 Å². The van der Waals surface area contributed by atoms with Crippen LogP contribution in [0.3, 0.4) is 0 Å². The fraction of sp³-hybridized carbons (Fsp3) is 0.0577. The van der Waals surface area contributed by atoms with Crippen LogP contribution in [0, 0.1) is 5.92 Å². The number of benzene rings is 6. The highest BCUT2D eigenvalue weighted by atomic mass is 15.0. The molecule has 0 saturated heterocycles. The third-order valence-corrected chi connectivity index (χ3v) is 13.0. The number of pyridine rings is 1. The lowest BCUT2D eigenvalue weighted by Gasteiger charge is -2.35. The molecule has 6 aromatic carbocycles. The minimum absolute atomic E-state index is 0.282. The van der Waals surface area contributed by atoms with Crippen LogP contribution in [0.5, 0.6) is 0 Å². The van der Waals surface area contributed by atoms with Gasteiger partial charge in [-0.2, -0.15) is 0 Å². The summed E-state index contributed by atoms with van der Waals surface area (Å²) in [5.74, 6) is 0.321. The fourth-order valence-corrected chi connectivity index (χ4v) is 10.8. The topological polar surface area (TPSA) is 36.9 Å². The van der Waals surface area contributed by atoms with Crippen molar-refractivity contribution in [2.45, 2.75) is 11.8 Å².